The number of carbonyl (C=O) groups is 3. The fourth-order valence-corrected chi connectivity index (χ4v) is 4.17. The lowest BCUT2D eigenvalue weighted by atomic mass is 10.0. The van der Waals surface area contributed by atoms with Gasteiger partial charge in [0.15, 0.2) is 5.66 Å². The standard InChI is InChI=1S/C30H28ClN3O4/c1-30(29(37)32-23-15-17-24(38-2)18-16-23,33-27(35)19-12-20-10-13-22(31)14-11-20)34-28(36)26-9-5-7-21-6-3-4-8-25(21)26/h3-11,13-18H,12,19H2,1-2H3,(H,32,37)(H,33,35)(H,34,36)/t30-/m0/s1. The quantitative estimate of drug-likeness (QED) is 0.255. The van der Waals surface area contributed by atoms with Crippen molar-refractivity contribution < 1.29 is 19.1 Å². The second kappa shape index (κ2) is 11.8. The highest BCUT2D eigenvalue weighted by Crippen LogP contribution is 2.20. The number of rotatable bonds is 9. The molecule has 0 spiro atoms. The van der Waals surface area contributed by atoms with E-state index in [0.29, 0.717) is 28.4 Å². The smallest absolute Gasteiger partial charge is 0.270 e. The number of fused-ring (bicyclic) bond motifs is 1. The van der Waals surface area contributed by atoms with Crippen molar-refractivity contribution in [3.63, 3.8) is 0 Å². The van der Waals surface area contributed by atoms with Crippen LogP contribution in [0.4, 0.5) is 5.69 Å². The highest BCUT2D eigenvalue weighted by atomic mass is 35.5. The zero-order valence-corrected chi connectivity index (χ0v) is 21.8. The van der Waals surface area contributed by atoms with Crippen LogP contribution in [0.15, 0.2) is 91.0 Å². The zero-order valence-electron chi connectivity index (χ0n) is 21.1. The molecular formula is C30H28ClN3O4. The van der Waals surface area contributed by atoms with Crippen molar-refractivity contribution in [2.45, 2.75) is 25.4 Å². The van der Waals surface area contributed by atoms with Gasteiger partial charge in [0.05, 0.1) is 7.11 Å². The van der Waals surface area contributed by atoms with E-state index in [9.17, 15) is 14.4 Å². The van der Waals surface area contributed by atoms with Crippen LogP contribution >= 0.6 is 11.6 Å². The van der Waals surface area contributed by atoms with Crippen LogP contribution in [0, 0.1) is 0 Å². The molecule has 0 unspecified atom stereocenters. The highest BCUT2D eigenvalue weighted by molar-refractivity contribution is 6.30. The Morgan fingerprint density at radius 2 is 1.53 bits per heavy atom. The lowest BCUT2D eigenvalue weighted by molar-refractivity contribution is -0.130. The van der Waals surface area contributed by atoms with Gasteiger partial charge in [0.1, 0.15) is 5.75 Å². The third-order valence-corrected chi connectivity index (χ3v) is 6.40. The molecule has 0 fully saturated rings. The first-order valence-corrected chi connectivity index (χ1v) is 12.5. The lowest BCUT2D eigenvalue weighted by Gasteiger charge is -2.31. The topological polar surface area (TPSA) is 96.5 Å². The molecule has 8 heteroatoms. The Kier molecular flexibility index (Phi) is 8.28. The number of ether oxygens (including phenoxy) is 1. The Balaban J connectivity index is 1.56. The third kappa shape index (κ3) is 6.49. The molecule has 4 aromatic rings. The van der Waals surface area contributed by atoms with Crippen LogP contribution in [0.25, 0.3) is 10.8 Å². The maximum atomic E-state index is 13.5. The molecule has 4 aromatic carbocycles. The molecule has 0 heterocycles. The first-order valence-electron chi connectivity index (χ1n) is 12.1. The number of methoxy groups -OCH3 is 1. The first-order chi connectivity index (χ1) is 18.3. The molecule has 0 aliphatic heterocycles. The number of aryl methyl sites for hydroxylation is 1. The molecule has 1 atom stereocenters. The number of benzene rings is 4. The molecule has 4 rings (SSSR count). The second-order valence-corrected chi connectivity index (χ2v) is 9.40. The summed E-state index contributed by atoms with van der Waals surface area (Å²) in [6.07, 6.45) is 0.549. The minimum atomic E-state index is -1.75. The van der Waals surface area contributed by atoms with Crippen molar-refractivity contribution in [3.05, 3.63) is 107 Å². The summed E-state index contributed by atoms with van der Waals surface area (Å²) in [4.78, 5) is 39.9. The summed E-state index contributed by atoms with van der Waals surface area (Å²) in [5, 5.41) is 10.5. The minimum Gasteiger partial charge on any atom is -0.497 e. The molecule has 0 bridgehead atoms. The third-order valence-electron chi connectivity index (χ3n) is 6.14. The van der Waals surface area contributed by atoms with Crippen molar-refractivity contribution in [3.8, 4) is 5.75 Å². The van der Waals surface area contributed by atoms with Crippen molar-refractivity contribution in [2.75, 3.05) is 12.4 Å². The minimum absolute atomic E-state index is 0.108. The van der Waals surface area contributed by atoms with E-state index < -0.39 is 23.4 Å². The predicted octanol–water partition coefficient (Wildman–Crippen LogP) is 5.34. The number of hydrogen-bond acceptors (Lipinski definition) is 4. The summed E-state index contributed by atoms with van der Waals surface area (Å²) in [5.74, 6) is -0.862. The summed E-state index contributed by atoms with van der Waals surface area (Å²) < 4.78 is 5.17. The highest BCUT2D eigenvalue weighted by Gasteiger charge is 2.37. The molecule has 3 N–H and O–H groups in total. The number of carbonyl (C=O) groups excluding carboxylic acids is 3. The largest absolute Gasteiger partial charge is 0.497 e. The van der Waals surface area contributed by atoms with E-state index in [-0.39, 0.29) is 6.42 Å². The van der Waals surface area contributed by atoms with Crippen molar-refractivity contribution in [1.82, 2.24) is 10.6 Å². The number of hydrogen-bond donors (Lipinski definition) is 3. The van der Waals surface area contributed by atoms with E-state index >= 15 is 0 Å². The van der Waals surface area contributed by atoms with Gasteiger partial charge in [0.25, 0.3) is 11.8 Å². The van der Waals surface area contributed by atoms with Crippen molar-refractivity contribution >= 4 is 45.8 Å². The maximum Gasteiger partial charge on any atom is 0.270 e. The zero-order chi connectivity index (χ0) is 27.1. The van der Waals surface area contributed by atoms with Gasteiger partial charge in [-0.1, -0.05) is 60.1 Å². The molecule has 0 aliphatic carbocycles. The lowest BCUT2D eigenvalue weighted by Crippen LogP contribution is -2.65. The molecule has 0 aromatic heterocycles. The number of anilines is 1. The number of halogens is 1. The Morgan fingerprint density at radius 3 is 2.24 bits per heavy atom. The Hall–Kier alpha value is -4.36. The first kappa shape index (κ1) is 26.7. The summed E-state index contributed by atoms with van der Waals surface area (Å²) in [5.41, 5.74) is 0.0537. The fourth-order valence-electron chi connectivity index (χ4n) is 4.04. The molecule has 3 amide bonds. The second-order valence-electron chi connectivity index (χ2n) is 8.96. The Bertz CT molecular complexity index is 1450. The predicted molar refractivity (Wildman–Crippen MR) is 149 cm³/mol. The maximum absolute atomic E-state index is 13.5. The van der Waals surface area contributed by atoms with Gasteiger partial charge in [-0.25, -0.2) is 0 Å². The Labute approximate surface area is 226 Å². The van der Waals surface area contributed by atoms with E-state index in [1.807, 2.05) is 42.5 Å². The van der Waals surface area contributed by atoms with Crippen LogP contribution in [0.2, 0.25) is 5.02 Å². The van der Waals surface area contributed by atoms with Gasteiger partial charge in [-0.15, -0.1) is 0 Å². The van der Waals surface area contributed by atoms with Crippen LogP contribution in [0.1, 0.15) is 29.3 Å². The van der Waals surface area contributed by atoms with E-state index in [4.69, 9.17) is 16.3 Å². The summed E-state index contributed by atoms with van der Waals surface area (Å²) in [6.45, 7) is 1.47. The van der Waals surface area contributed by atoms with Crippen LogP contribution in [0.3, 0.4) is 0 Å². The van der Waals surface area contributed by atoms with Crippen molar-refractivity contribution in [1.29, 1.82) is 0 Å². The van der Waals surface area contributed by atoms with E-state index in [0.717, 1.165) is 16.3 Å². The molecule has 38 heavy (non-hydrogen) atoms. The monoisotopic (exact) mass is 529 g/mol. The average molecular weight is 530 g/mol. The molecule has 194 valence electrons. The summed E-state index contributed by atoms with van der Waals surface area (Å²) in [7, 11) is 1.55. The summed E-state index contributed by atoms with van der Waals surface area (Å²) >= 11 is 5.94. The van der Waals surface area contributed by atoms with Gasteiger partial charge in [0, 0.05) is 22.7 Å². The van der Waals surface area contributed by atoms with Crippen LogP contribution in [0.5, 0.6) is 5.75 Å². The van der Waals surface area contributed by atoms with Crippen LogP contribution in [-0.2, 0) is 16.0 Å². The Morgan fingerprint density at radius 1 is 0.842 bits per heavy atom. The van der Waals surface area contributed by atoms with E-state index in [2.05, 4.69) is 16.0 Å². The molecular weight excluding hydrogens is 502 g/mol. The van der Waals surface area contributed by atoms with Gasteiger partial charge in [-0.3, -0.25) is 14.4 Å². The van der Waals surface area contributed by atoms with Crippen LogP contribution < -0.4 is 20.7 Å². The molecule has 0 saturated carbocycles. The molecule has 0 aliphatic rings. The van der Waals surface area contributed by atoms with E-state index in [1.54, 1.807) is 55.6 Å². The van der Waals surface area contributed by atoms with Gasteiger partial charge in [-0.2, -0.15) is 0 Å². The number of nitrogens with one attached hydrogen (secondary N) is 3. The van der Waals surface area contributed by atoms with Gasteiger partial charge in [-0.05, 0) is 72.1 Å². The van der Waals surface area contributed by atoms with Crippen molar-refractivity contribution in [2.24, 2.45) is 0 Å². The molecule has 7 nitrogen and oxygen atoms in total. The molecule has 0 radical (unpaired) electrons. The van der Waals surface area contributed by atoms with Gasteiger partial charge >= 0.3 is 0 Å². The number of amides is 3. The average Bonchev–Trinajstić information content (AvgIpc) is 2.92. The SMILES string of the molecule is COc1ccc(NC(=O)[C@@](C)(NC(=O)CCc2ccc(Cl)cc2)NC(=O)c2cccc3ccccc23)cc1. The molecule has 0 saturated heterocycles. The van der Waals surface area contributed by atoms with Gasteiger partial charge < -0.3 is 20.7 Å². The fraction of sp³-hybridized carbons (Fsp3) is 0.167. The summed E-state index contributed by atoms with van der Waals surface area (Å²) in [6, 6.07) is 26.8. The normalized spacial score (nSPS) is 12.3. The van der Waals surface area contributed by atoms with Gasteiger partial charge in [0.2, 0.25) is 5.91 Å². The van der Waals surface area contributed by atoms with E-state index in [1.165, 1.54) is 6.92 Å². The van der Waals surface area contributed by atoms with Crippen LogP contribution in [-0.4, -0.2) is 30.5 Å².